The van der Waals surface area contributed by atoms with E-state index in [9.17, 15) is 0 Å². The van der Waals surface area contributed by atoms with Crippen molar-refractivity contribution in [3.8, 4) is 0 Å². The van der Waals surface area contributed by atoms with E-state index in [2.05, 4.69) is 19.2 Å². The molecule has 21 heavy (non-hydrogen) atoms. The summed E-state index contributed by atoms with van der Waals surface area (Å²) in [5.74, 6) is 2.78. The van der Waals surface area contributed by atoms with E-state index in [1.165, 1.54) is 55.5 Å². The Balaban J connectivity index is 1.80. The van der Waals surface area contributed by atoms with Crippen molar-refractivity contribution in [2.24, 2.45) is 0 Å². The molecule has 0 radical (unpaired) electrons. The van der Waals surface area contributed by atoms with Crippen LogP contribution in [0.4, 0.5) is 5.82 Å². The summed E-state index contributed by atoms with van der Waals surface area (Å²) in [6.45, 7) is 5.37. The average molecular weight is 305 g/mol. The van der Waals surface area contributed by atoms with E-state index in [-0.39, 0.29) is 0 Å². The standard InChI is InChI=1S/C17H27N3S/c1-3-11-18-15-12(2)17(20-16(19-15)13-9-10-13)21-14-7-5-4-6-8-14/h13-14H,3-11H2,1-2H3,(H,18,19,20). The smallest absolute Gasteiger partial charge is 0.135 e. The molecule has 2 fully saturated rings. The van der Waals surface area contributed by atoms with E-state index in [0.717, 1.165) is 29.9 Å². The third-order valence-corrected chi connectivity index (χ3v) is 5.86. The minimum atomic E-state index is 0.624. The number of anilines is 1. The number of nitrogens with one attached hydrogen (secondary N) is 1. The Labute approximate surface area is 132 Å². The van der Waals surface area contributed by atoms with Gasteiger partial charge in [-0.05, 0) is 39.0 Å². The van der Waals surface area contributed by atoms with Gasteiger partial charge >= 0.3 is 0 Å². The van der Waals surface area contributed by atoms with Gasteiger partial charge in [0.2, 0.25) is 0 Å². The van der Waals surface area contributed by atoms with Crippen LogP contribution in [0, 0.1) is 6.92 Å². The number of nitrogens with zero attached hydrogens (tertiary/aromatic N) is 2. The molecule has 1 N–H and O–H groups in total. The summed E-state index contributed by atoms with van der Waals surface area (Å²) in [5, 5.41) is 5.49. The molecule has 0 spiro atoms. The van der Waals surface area contributed by atoms with E-state index in [1.807, 2.05) is 11.8 Å². The Hall–Kier alpha value is -0.770. The van der Waals surface area contributed by atoms with Gasteiger partial charge in [-0.2, -0.15) is 0 Å². The molecule has 2 aliphatic carbocycles. The van der Waals surface area contributed by atoms with Gasteiger partial charge in [0.15, 0.2) is 0 Å². The fourth-order valence-electron chi connectivity index (χ4n) is 2.91. The van der Waals surface area contributed by atoms with Crippen LogP contribution in [0.15, 0.2) is 5.03 Å². The van der Waals surface area contributed by atoms with E-state index < -0.39 is 0 Å². The summed E-state index contributed by atoms with van der Waals surface area (Å²) in [4.78, 5) is 9.70. The van der Waals surface area contributed by atoms with Crippen molar-refractivity contribution >= 4 is 17.6 Å². The minimum absolute atomic E-state index is 0.624. The highest BCUT2D eigenvalue weighted by molar-refractivity contribution is 7.99. The Morgan fingerprint density at radius 1 is 1.10 bits per heavy atom. The molecule has 1 aromatic heterocycles. The number of aromatic nitrogens is 2. The largest absolute Gasteiger partial charge is 0.370 e. The molecule has 0 amide bonds. The highest BCUT2D eigenvalue weighted by atomic mass is 32.2. The molecule has 4 heteroatoms. The van der Waals surface area contributed by atoms with Crippen molar-refractivity contribution < 1.29 is 0 Å². The van der Waals surface area contributed by atoms with Crippen LogP contribution in [0.5, 0.6) is 0 Å². The molecule has 2 saturated carbocycles. The summed E-state index contributed by atoms with van der Waals surface area (Å²) >= 11 is 2.01. The number of rotatable bonds is 6. The predicted octanol–water partition coefficient (Wildman–Crippen LogP) is 4.91. The van der Waals surface area contributed by atoms with Gasteiger partial charge in [-0.1, -0.05) is 26.2 Å². The van der Waals surface area contributed by atoms with Gasteiger partial charge in [0.25, 0.3) is 0 Å². The second-order valence-electron chi connectivity index (χ2n) is 6.44. The van der Waals surface area contributed by atoms with E-state index in [1.54, 1.807) is 0 Å². The molecule has 3 nitrogen and oxygen atoms in total. The molecular weight excluding hydrogens is 278 g/mol. The van der Waals surface area contributed by atoms with Crippen LogP contribution in [0.25, 0.3) is 0 Å². The second-order valence-corrected chi connectivity index (χ2v) is 7.73. The van der Waals surface area contributed by atoms with Crippen molar-refractivity contribution in [3.05, 3.63) is 11.4 Å². The quantitative estimate of drug-likeness (QED) is 0.758. The first-order chi connectivity index (χ1) is 10.3. The van der Waals surface area contributed by atoms with Crippen molar-refractivity contribution in [2.75, 3.05) is 11.9 Å². The molecule has 0 bridgehead atoms. The van der Waals surface area contributed by atoms with Crippen LogP contribution in [0.2, 0.25) is 0 Å². The molecule has 0 atom stereocenters. The van der Waals surface area contributed by atoms with Crippen molar-refractivity contribution in [1.82, 2.24) is 9.97 Å². The zero-order chi connectivity index (χ0) is 14.7. The maximum absolute atomic E-state index is 4.91. The van der Waals surface area contributed by atoms with Crippen LogP contribution in [-0.4, -0.2) is 21.8 Å². The van der Waals surface area contributed by atoms with E-state index in [0.29, 0.717) is 5.92 Å². The Kier molecular flexibility index (Phi) is 5.04. The van der Waals surface area contributed by atoms with E-state index >= 15 is 0 Å². The summed E-state index contributed by atoms with van der Waals surface area (Å²) in [7, 11) is 0. The molecule has 0 unspecified atom stereocenters. The SMILES string of the molecule is CCCNc1nc(C2CC2)nc(SC2CCCCC2)c1C. The predicted molar refractivity (Wildman–Crippen MR) is 90.3 cm³/mol. The molecular formula is C17H27N3S. The number of thioether (sulfide) groups is 1. The molecule has 0 saturated heterocycles. The van der Waals surface area contributed by atoms with Gasteiger partial charge in [0.05, 0.1) is 0 Å². The minimum Gasteiger partial charge on any atom is -0.370 e. The van der Waals surface area contributed by atoms with Gasteiger partial charge in [0, 0.05) is 23.3 Å². The van der Waals surface area contributed by atoms with Crippen molar-refractivity contribution in [1.29, 1.82) is 0 Å². The number of hydrogen-bond donors (Lipinski definition) is 1. The first-order valence-corrected chi connectivity index (χ1v) is 9.45. The van der Waals surface area contributed by atoms with Crippen LogP contribution in [-0.2, 0) is 0 Å². The molecule has 3 rings (SSSR count). The zero-order valence-electron chi connectivity index (χ0n) is 13.3. The lowest BCUT2D eigenvalue weighted by molar-refractivity contribution is 0.515. The maximum Gasteiger partial charge on any atom is 0.135 e. The second kappa shape index (κ2) is 6.99. The number of hydrogen-bond acceptors (Lipinski definition) is 4. The van der Waals surface area contributed by atoms with Gasteiger partial charge in [-0.25, -0.2) is 9.97 Å². The average Bonchev–Trinajstić information content (AvgIpc) is 3.34. The van der Waals surface area contributed by atoms with Gasteiger partial charge in [-0.3, -0.25) is 0 Å². The third kappa shape index (κ3) is 3.91. The molecule has 116 valence electrons. The summed E-state index contributed by atoms with van der Waals surface area (Å²) in [6.07, 6.45) is 10.6. The summed E-state index contributed by atoms with van der Waals surface area (Å²) in [5.41, 5.74) is 1.25. The molecule has 2 aliphatic rings. The first-order valence-electron chi connectivity index (χ1n) is 8.57. The lowest BCUT2D eigenvalue weighted by atomic mass is 10.0. The fraction of sp³-hybridized carbons (Fsp3) is 0.765. The van der Waals surface area contributed by atoms with Crippen LogP contribution in [0.3, 0.4) is 0 Å². The van der Waals surface area contributed by atoms with Gasteiger partial charge in [-0.15, -0.1) is 11.8 Å². The van der Waals surface area contributed by atoms with Crippen LogP contribution < -0.4 is 5.32 Å². The van der Waals surface area contributed by atoms with E-state index in [4.69, 9.17) is 9.97 Å². The lowest BCUT2D eigenvalue weighted by Crippen LogP contribution is -2.12. The molecule has 0 aromatic carbocycles. The van der Waals surface area contributed by atoms with Crippen LogP contribution in [0.1, 0.15) is 75.6 Å². The Bertz CT molecular complexity index is 479. The topological polar surface area (TPSA) is 37.8 Å². The normalized spacial score (nSPS) is 19.7. The Morgan fingerprint density at radius 3 is 2.52 bits per heavy atom. The highest BCUT2D eigenvalue weighted by Crippen LogP contribution is 2.41. The van der Waals surface area contributed by atoms with Crippen molar-refractivity contribution in [3.63, 3.8) is 0 Å². The highest BCUT2D eigenvalue weighted by Gasteiger charge is 2.29. The summed E-state index contributed by atoms with van der Waals surface area (Å²) < 4.78 is 0. The molecule has 1 aromatic rings. The first kappa shape index (κ1) is 15.1. The lowest BCUT2D eigenvalue weighted by Gasteiger charge is -2.22. The zero-order valence-corrected chi connectivity index (χ0v) is 14.1. The van der Waals surface area contributed by atoms with Crippen molar-refractivity contribution in [2.45, 2.75) is 81.4 Å². The third-order valence-electron chi connectivity index (χ3n) is 4.43. The maximum atomic E-state index is 4.91. The van der Waals surface area contributed by atoms with Gasteiger partial charge in [0.1, 0.15) is 16.7 Å². The monoisotopic (exact) mass is 305 g/mol. The summed E-state index contributed by atoms with van der Waals surface area (Å²) in [6, 6.07) is 0. The molecule has 0 aliphatic heterocycles. The molecule has 1 heterocycles. The fourth-order valence-corrected chi connectivity index (χ4v) is 4.21. The Morgan fingerprint density at radius 2 is 1.86 bits per heavy atom. The van der Waals surface area contributed by atoms with Gasteiger partial charge < -0.3 is 5.32 Å². The van der Waals surface area contributed by atoms with Crippen LogP contribution >= 0.6 is 11.8 Å².